The van der Waals surface area contributed by atoms with Gasteiger partial charge in [-0.3, -0.25) is 4.90 Å². The minimum absolute atomic E-state index is 0.0361. The third kappa shape index (κ3) is 4.49. The molecule has 5 nitrogen and oxygen atoms in total. The van der Waals surface area contributed by atoms with Gasteiger partial charge >= 0.3 is 0 Å². The van der Waals surface area contributed by atoms with Gasteiger partial charge in [-0.15, -0.1) is 0 Å². The number of aryl methyl sites for hydroxylation is 1. The lowest BCUT2D eigenvalue weighted by Crippen LogP contribution is -2.46. The molecule has 9 heteroatoms. The molecule has 1 aliphatic carbocycles. The van der Waals surface area contributed by atoms with Gasteiger partial charge in [0.2, 0.25) is 5.28 Å². The number of alkyl halides is 2. The van der Waals surface area contributed by atoms with Crippen LogP contribution in [0.15, 0.2) is 18.2 Å². The first kappa shape index (κ1) is 20.4. The first-order valence-corrected chi connectivity index (χ1v) is 10.1. The van der Waals surface area contributed by atoms with E-state index in [0.717, 1.165) is 62.9 Å². The maximum atomic E-state index is 14.4. The topological polar surface area (TPSA) is 50.3 Å². The van der Waals surface area contributed by atoms with E-state index in [9.17, 15) is 13.2 Å². The van der Waals surface area contributed by atoms with Crippen LogP contribution in [0.3, 0.4) is 0 Å². The zero-order valence-electron chi connectivity index (χ0n) is 15.8. The van der Waals surface area contributed by atoms with Crippen LogP contribution < -0.4 is 5.32 Å². The number of aromatic nitrogens is 2. The molecule has 1 aliphatic heterocycles. The number of fused-ring (bicyclic) bond motifs is 1. The number of benzene rings is 1. The number of halogens is 4. The molecule has 0 saturated carbocycles. The van der Waals surface area contributed by atoms with Gasteiger partial charge in [0.15, 0.2) is 0 Å². The van der Waals surface area contributed by atoms with Crippen molar-refractivity contribution in [1.82, 2.24) is 14.9 Å². The van der Waals surface area contributed by atoms with Gasteiger partial charge in [-0.05, 0) is 30.9 Å². The maximum absolute atomic E-state index is 14.4. The molecule has 156 valence electrons. The molecule has 2 heterocycles. The highest BCUT2D eigenvalue weighted by molar-refractivity contribution is 6.28. The molecular weight excluding hydrogens is 405 g/mol. The predicted molar refractivity (Wildman–Crippen MR) is 104 cm³/mol. The van der Waals surface area contributed by atoms with Gasteiger partial charge < -0.3 is 10.1 Å². The minimum Gasteiger partial charge on any atom is -0.379 e. The van der Waals surface area contributed by atoms with Crippen molar-refractivity contribution in [3.8, 4) is 0 Å². The Balaban J connectivity index is 1.54. The Labute approximate surface area is 172 Å². The van der Waals surface area contributed by atoms with Crippen molar-refractivity contribution >= 4 is 17.4 Å². The monoisotopic (exact) mass is 426 g/mol. The summed E-state index contributed by atoms with van der Waals surface area (Å²) in [5.74, 6) is -0.352. The second-order valence-corrected chi connectivity index (χ2v) is 7.62. The largest absolute Gasteiger partial charge is 0.379 e. The average molecular weight is 427 g/mol. The van der Waals surface area contributed by atoms with E-state index in [1.165, 1.54) is 12.1 Å². The van der Waals surface area contributed by atoms with Crippen LogP contribution in [-0.2, 0) is 24.1 Å². The van der Waals surface area contributed by atoms with Gasteiger partial charge in [0.05, 0.1) is 24.5 Å². The summed E-state index contributed by atoms with van der Waals surface area (Å²) >= 11 is 6.08. The van der Waals surface area contributed by atoms with Gasteiger partial charge in [-0.25, -0.2) is 23.1 Å². The van der Waals surface area contributed by atoms with Crippen LogP contribution in [0.25, 0.3) is 0 Å². The summed E-state index contributed by atoms with van der Waals surface area (Å²) in [5.41, 5.74) is 1.41. The molecule has 1 atom stereocenters. The van der Waals surface area contributed by atoms with Gasteiger partial charge in [-0.2, -0.15) is 0 Å². The molecule has 1 saturated heterocycles. The number of nitrogens with one attached hydrogen (secondary N) is 1. The van der Waals surface area contributed by atoms with E-state index in [2.05, 4.69) is 20.2 Å². The maximum Gasteiger partial charge on any atom is 0.266 e. The van der Waals surface area contributed by atoms with Gasteiger partial charge in [-0.1, -0.05) is 18.2 Å². The molecule has 4 rings (SSSR count). The number of nitrogens with zero attached hydrogens (tertiary/aromatic N) is 3. The molecule has 1 unspecified atom stereocenters. The first-order chi connectivity index (χ1) is 14.0. The van der Waals surface area contributed by atoms with Crippen LogP contribution in [0, 0.1) is 5.82 Å². The fraction of sp³-hybridized carbons (Fsp3) is 0.500. The van der Waals surface area contributed by atoms with Gasteiger partial charge in [0.25, 0.3) is 6.43 Å². The molecule has 2 aromatic rings. The van der Waals surface area contributed by atoms with E-state index >= 15 is 0 Å². The van der Waals surface area contributed by atoms with E-state index in [-0.39, 0.29) is 17.4 Å². The second kappa shape index (κ2) is 8.85. The molecule has 1 fully saturated rings. The Morgan fingerprint density at radius 2 is 2.03 bits per heavy atom. The summed E-state index contributed by atoms with van der Waals surface area (Å²) in [6.07, 6.45) is -0.339. The highest BCUT2D eigenvalue weighted by Gasteiger charge is 2.29. The average Bonchev–Trinajstić information content (AvgIpc) is 2.73. The van der Waals surface area contributed by atoms with E-state index < -0.39 is 17.8 Å². The highest BCUT2D eigenvalue weighted by atomic mass is 35.5. The molecule has 1 aromatic carbocycles. The van der Waals surface area contributed by atoms with Crippen LogP contribution >= 0.6 is 11.6 Å². The van der Waals surface area contributed by atoms with E-state index in [4.69, 9.17) is 16.3 Å². The molecule has 0 amide bonds. The smallest absolute Gasteiger partial charge is 0.266 e. The fourth-order valence-corrected chi connectivity index (χ4v) is 4.23. The summed E-state index contributed by atoms with van der Waals surface area (Å²) in [5, 5.41) is 3.22. The Bertz CT molecular complexity index is 877. The van der Waals surface area contributed by atoms with Gasteiger partial charge in [0.1, 0.15) is 11.6 Å². The number of morpholine rings is 1. The quantitative estimate of drug-likeness (QED) is 0.732. The number of anilines is 1. The molecule has 0 bridgehead atoms. The number of rotatable bonds is 5. The summed E-state index contributed by atoms with van der Waals surface area (Å²) in [4.78, 5) is 11.1. The van der Waals surface area contributed by atoms with Crippen molar-refractivity contribution in [1.29, 1.82) is 0 Å². The third-order valence-corrected chi connectivity index (χ3v) is 5.74. The fourth-order valence-electron chi connectivity index (χ4n) is 4.05. The molecule has 1 N–H and O–H groups in total. The lowest BCUT2D eigenvalue weighted by Gasteiger charge is -2.37. The minimum atomic E-state index is -2.86. The van der Waals surface area contributed by atoms with Crippen molar-refractivity contribution in [2.24, 2.45) is 0 Å². The van der Waals surface area contributed by atoms with Crippen LogP contribution in [0.4, 0.5) is 19.0 Å². The Kier molecular flexibility index (Phi) is 6.22. The normalized spacial score (nSPS) is 20.0. The lowest BCUT2D eigenvalue weighted by molar-refractivity contribution is 0.0136. The van der Waals surface area contributed by atoms with E-state index in [1.807, 2.05) is 0 Å². The van der Waals surface area contributed by atoms with Crippen LogP contribution in [-0.4, -0.2) is 47.2 Å². The Morgan fingerprint density at radius 3 is 2.79 bits per heavy atom. The number of hydrogen-bond donors (Lipinski definition) is 1. The predicted octanol–water partition coefficient (Wildman–Crippen LogP) is 4.01. The number of hydrogen-bond acceptors (Lipinski definition) is 5. The summed E-state index contributed by atoms with van der Waals surface area (Å²) in [7, 11) is 0. The molecule has 29 heavy (non-hydrogen) atoms. The third-order valence-electron chi connectivity index (χ3n) is 5.57. The molecule has 2 aliphatic rings. The van der Waals surface area contributed by atoms with Crippen molar-refractivity contribution in [3.05, 3.63) is 51.7 Å². The summed E-state index contributed by atoms with van der Waals surface area (Å²) in [6, 6.07) is 4.37. The van der Waals surface area contributed by atoms with Crippen LogP contribution in [0.1, 0.15) is 35.2 Å². The zero-order valence-corrected chi connectivity index (χ0v) is 16.6. The van der Waals surface area contributed by atoms with Gasteiger partial charge in [0, 0.05) is 36.8 Å². The zero-order chi connectivity index (χ0) is 20.4. The standard InChI is InChI=1S/C20H22ClF3N4O/c21-20-26-16-5-4-13(28-6-8-29-9-7-28)10-15(16)19(27-20)25-11-12-2-1-3-14(17(12)22)18(23)24/h1-3,13,18H,4-11H2,(H,25,26,27). The van der Waals surface area contributed by atoms with Crippen molar-refractivity contribution < 1.29 is 17.9 Å². The van der Waals surface area contributed by atoms with Crippen LogP contribution in [0.5, 0.6) is 0 Å². The molecule has 0 spiro atoms. The van der Waals surface area contributed by atoms with E-state index in [0.29, 0.717) is 11.9 Å². The molecule has 0 radical (unpaired) electrons. The van der Waals surface area contributed by atoms with Crippen molar-refractivity contribution in [2.75, 3.05) is 31.6 Å². The number of ether oxygens (including phenoxy) is 1. The first-order valence-electron chi connectivity index (χ1n) is 9.69. The Hall–Kier alpha value is -1.90. The van der Waals surface area contributed by atoms with Crippen LogP contribution in [0.2, 0.25) is 5.28 Å². The van der Waals surface area contributed by atoms with Crippen molar-refractivity contribution in [2.45, 2.75) is 38.3 Å². The van der Waals surface area contributed by atoms with Crippen molar-refractivity contribution in [3.63, 3.8) is 0 Å². The molecular formula is C20H22ClF3N4O. The lowest BCUT2D eigenvalue weighted by atomic mass is 9.90. The second-order valence-electron chi connectivity index (χ2n) is 7.29. The SMILES string of the molecule is Fc1c(CNc2nc(Cl)nc3c2CC(N2CCOCC2)CC3)cccc1C(F)F. The molecule has 1 aromatic heterocycles. The highest BCUT2D eigenvalue weighted by Crippen LogP contribution is 2.30. The Morgan fingerprint density at radius 1 is 1.24 bits per heavy atom. The summed E-state index contributed by atoms with van der Waals surface area (Å²) in [6.45, 7) is 3.27. The van der Waals surface area contributed by atoms with E-state index in [1.54, 1.807) is 0 Å². The summed E-state index contributed by atoms with van der Waals surface area (Å²) < 4.78 is 45.7.